The van der Waals surface area contributed by atoms with Gasteiger partial charge in [-0.15, -0.1) is 0 Å². The van der Waals surface area contributed by atoms with Crippen LogP contribution in [0.1, 0.15) is 95.5 Å². The Kier molecular flexibility index (Phi) is 8.54. The van der Waals surface area contributed by atoms with E-state index < -0.39 is 0 Å². The van der Waals surface area contributed by atoms with Crippen molar-refractivity contribution >= 4 is 5.69 Å². The van der Waals surface area contributed by atoms with E-state index in [1.807, 2.05) is 6.08 Å². The lowest BCUT2D eigenvalue weighted by Crippen LogP contribution is -2.36. The number of rotatable bonds is 6. The van der Waals surface area contributed by atoms with Gasteiger partial charge >= 0.3 is 0 Å². The van der Waals surface area contributed by atoms with Gasteiger partial charge in [0.15, 0.2) is 0 Å². The molecule has 1 fully saturated rings. The number of halogens is 1. The van der Waals surface area contributed by atoms with Crippen LogP contribution in [0.2, 0.25) is 0 Å². The van der Waals surface area contributed by atoms with Crippen molar-refractivity contribution in [1.82, 2.24) is 0 Å². The van der Waals surface area contributed by atoms with Crippen LogP contribution in [-0.2, 0) is 0 Å². The van der Waals surface area contributed by atoms with Gasteiger partial charge in [0.2, 0.25) is 0 Å². The Labute approximate surface area is 299 Å². The normalized spacial score (nSPS) is 34.2. The van der Waals surface area contributed by atoms with Crippen LogP contribution >= 0.6 is 0 Å². The largest absolute Gasteiger partial charge is 0.314 e. The maximum atomic E-state index is 15.6. The highest BCUT2D eigenvalue weighted by Crippen LogP contribution is 2.69. The molecule has 256 valence electrons. The summed E-state index contributed by atoms with van der Waals surface area (Å²) in [5.41, 5.74) is 11.0. The zero-order valence-corrected chi connectivity index (χ0v) is 29.7. The van der Waals surface area contributed by atoms with Crippen molar-refractivity contribution in [3.05, 3.63) is 160 Å². The highest BCUT2D eigenvalue weighted by atomic mass is 19.1. The van der Waals surface area contributed by atoms with Crippen LogP contribution < -0.4 is 4.90 Å². The third kappa shape index (κ3) is 5.23. The van der Waals surface area contributed by atoms with Crippen LogP contribution in [0.15, 0.2) is 155 Å². The van der Waals surface area contributed by atoms with E-state index >= 15 is 4.39 Å². The molecule has 0 heterocycles. The Hall–Kier alpha value is -3.91. The molecule has 6 unspecified atom stereocenters. The van der Waals surface area contributed by atoms with Crippen molar-refractivity contribution in [2.24, 2.45) is 35.0 Å². The van der Waals surface area contributed by atoms with Gasteiger partial charge in [-0.05, 0) is 153 Å². The van der Waals surface area contributed by atoms with Gasteiger partial charge in [-0.3, -0.25) is 0 Å². The average molecular weight is 662 g/mol. The first-order valence-electron chi connectivity index (χ1n) is 19.8. The first-order valence-corrected chi connectivity index (χ1v) is 19.8. The maximum absolute atomic E-state index is 15.6. The van der Waals surface area contributed by atoms with Crippen LogP contribution in [0.5, 0.6) is 0 Å². The molecule has 9 rings (SSSR count). The summed E-state index contributed by atoms with van der Waals surface area (Å²) in [4.78, 5) is 2.64. The van der Waals surface area contributed by atoms with Gasteiger partial charge in [-0.25, -0.2) is 4.39 Å². The Morgan fingerprint density at radius 2 is 1.62 bits per heavy atom. The van der Waals surface area contributed by atoms with Crippen molar-refractivity contribution in [3.63, 3.8) is 0 Å². The lowest BCUT2D eigenvalue weighted by Gasteiger charge is -2.45. The first kappa shape index (κ1) is 32.0. The molecule has 50 heavy (non-hydrogen) atoms. The SMILES string of the molecule is C[C@H]1CC=CCC1c1ccc(N(C2=CCCCC2)C2=C3C=CC=CC3C3C(=C2)C(C2=CCCC=C2)(C2=CCCCC2)C2C=C(F)C=CC32)cc1. The number of fused-ring (bicyclic) bond motifs is 5. The summed E-state index contributed by atoms with van der Waals surface area (Å²) in [5, 5.41) is 0. The molecule has 2 heteroatoms. The van der Waals surface area contributed by atoms with E-state index in [1.165, 1.54) is 70.6 Å². The molecule has 8 aliphatic carbocycles. The predicted molar refractivity (Wildman–Crippen MR) is 207 cm³/mol. The second-order valence-electron chi connectivity index (χ2n) is 16.1. The van der Waals surface area contributed by atoms with Crippen LogP contribution in [0, 0.1) is 35.0 Å². The highest BCUT2D eigenvalue weighted by Gasteiger charge is 2.61. The molecule has 0 spiro atoms. The highest BCUT2D eigenvalue weighted by molar-refractivity contribution is 5.69. The Morgan fingerprint density at radius 1 is 0.780 bits per heavy atom. The molecule has 1 nitrogen and oxygen atoms in total. The quantitative estimate of drug-likeness (QED) is 0.274. The molecule has 0 aliphatic heterocycles. The third-order valence-corrected chi connectivity index (χ3v) is 13.4. The number of anilines is 1. The summed E-state index contributed by atoms with van der Waals surface area (Å²) in [6, 6.07) is 9.65. The molecule has 1 saturated carbocycles. The van der Waals surface area contributed by atoms with Crippen molar-refractivity contribution in [1.29, 1.82) is 0 Å². The summed E-state index contributed by atoms with van der Waals surface area (Å²) < 4.78 is 15.6. The van der Waals surface area contributed by atoms with Gasteiger partial charge in [0.1, 0.15) is 5.83 Å². The molecule has 8 aliphatic rings. The van der Waals surface area contributed by atoms with Crippen LogP contribution in [0.25, 0.3) is 0 Å². The smallest absolute Gasteiger partial charge is 0.119 e. The van der Waals surface area contributed by atoms with Gasteiger partial charge in [-0.2, -0.15) is 0 Å². The van der Waals surface area contributed by atoms with Crippen molar-refractivity contribution in [2.75, 3.05) is 4.90 Å². The van der Waals surface area contributed by atoms with E-state index in [-0.39, 0.29) is 34.9 Å². The molecule has 0 N–H and O–H groups in total. The average Bonchev–Trinajstić information content (AvgIpc) is 3.46. The van der Waals surface area contributed by atoms with Crippen LogP contribution in [0.4, 0.5) is 10.1 Å². The van der Waals surface area contributed by atoms with Crippen molar-refractivity contribution < 1.29 is 4.39 Å². The Balaban J connectivity index is 1.26. The first-order chi connectivity index (χ1) is 24.6. The minimum absolute atomic E-state index is 0.0650. The summed E-state index contributed by atoms with van der Waals surface area (Å²) in [6.45, 7) is 2.40. The molecular formula is C48H52FN. The third-order valence-electron chi connectivity index (χ3n) is 13.4. The van der Waals surface area contributed by atoms with Gasteiger partial charge < -0.3 is 4.90 Å². The Bertz CT molecular complexity index is 1860. The zero-order chi connectivity index (χ0) is 33.7. The Morgan fingerprint density at radius 3 is 2.38 bits per heavy atom. The maximum Gasteiger partial charge on any atom is 0.119 e. The molecule has 0 bridgehead atoms. The number of allylic oxidation sites excluding steroid dienone is 21. The standard InChI is InChI=1S/C48H52FN/c1-33-15-11-12-22-40(33)34-25-28-39(29-26-34)50(38-20-9-4-10-21-38)46-32-45-47(42-24-14-13-23-41(42)46)43-30-27-37(49)31-44(43)48(45,35-16-5-2-6-17-35)36-18-7-3-8-19-36/h5,11-14,16-18,20,23-33,40,42-44,47H,2-4,6-10,15,19,21-22H2,1H3/t33-,40?,42?,43?,44?,47?,48?/m0/s1. The lowest BCUT2D eigenvalue weighted by molar-refractivity contribution is 0.329. The predicted octanol–water partition coefficient (Wildman–Crippen LogP) is 13.0. The molecule has 1 aromatic rings. The fourth-order valence-electron chi connectivity index (χ4n) is 11.1. The fourth-order valence-corrected chi connectivity index (χ4v) is 11.1. The summed E-state index contributed by atoms with van der Waals surface area (Å²) in [5.74, 6) is 2.00. The number of benzene rings is 1. The minimum atomic E-state index is -0.332. The van der Waals surface area contributed by atoms with Crippen LogP contribution in [-0.4, -0.2) is 0 Å². The number of hydrogen-bond acceptors (Lipinski definition) is 1. The van der Waals surface area contributed by atoms with E-state index in [9.17, 15) is 0 Å². The lowest BCUT2D eigenvalue weighted by atomic mass is 9.59. The summed E-state index contributed by atoms with van der Waals surface area (Å²) in [6.07, 6.45) is 48.9. The fraction of sp³-hybridized carbons (Fsp3) is 0.417. The van der Waals surface area contributed by atoms with Gasteiger partial charge in [-0.1, -0.05) is 97.5 Å². The summed E-state index contributed by atoms with van der Waals surface area (Å²) >= 11 is 0. The summed E-state index contributed by atoms with van der Waals surface area (Å²) in [7, 11) is 0. The molecule has 0 radical (unpaired) electrons. The molecule has 7 atom stereocenters. The van der Waals surface area contributed by atoms with E-state index in [2.05, 4.69) is 115 Å². The zero-order valence-electron chi connectivity index (χ0n) is 29.7. The topological polar surface area (TPSA) is 3.24 Å². The van der Waals surface area contributed by atoms with Gasteiger partial charge in [0.25, 0.3) is 0 Å². The van der Waals surface area contributed by atoms with E-state index in [0.29, 0.717) is 11.8 Å². The molecule has 0 aromatic heterocycles. The molecule has 0 saturated heterocycles. The van der Waals surface area contributed by atoms with E-state index in [4.69, 9.17) is 0 Å². The van der Waals surface area contributed by atoms with E-state index in [0.717, 1.165) is 51.4 Å². The van der Waals surface area contributed by atoms with Crippen molar-refractivity contribution in [2.45, 2.75) is 89.9 Å². The molecular weight excluding hydrogens is 610 g/mol. The van der Waals surface area contributed by atoms with E-state index in [1.54, 1.807) is 6.08 Å². The second-order valence-corrected chi connectivity index (χ2v) is 16.1. The number of hydrogen-bond donors (Lipinski definition) is 0. The van der Waals surface area contributed by atoms with Gasteiger partial charge in [0.05, 0.1) is 0 Å². The number of nitrogens with zero attached hydrogens (tertiary/aromatic N) is 1. The van der Waals surface area contributed by atoms with Crippen molar-refractivity contribution in [3.8, 4) is 0 Å². The monoisotopic (exact) mass is 661 g/mol. The molecule has 1 aromatic carbocycles. The minimum Gasteiger partial charge on any atom is -0.314 e. The van der Waals surface area contributed by atoms with Gasteiger partial charge in [0, 0.05) is 34.3 Å². The second kappa shape index (κ2) is 13.3. The molecule has 0 amide bonds. The van der Waals surface area contributed by atoms with Crippen LogP contribution in [0.3, 0.4) is 0 Å².